The second kappa shape index (κ2) is 4.58. The summed E-state index contributed by atoms with van der Waals surface area (Å²) < 4.78 is 0. The van der Waals surface area contributed by atoms with Crippen molar-refractivity contribution in [2.75, 3.05) is 6.54 Å². The van der Waals surface area contributed by atoms with Gasteiger partial charge in [-0.15, -0.1) is 0 Å². The molecule has 0 saturated carbocycles. The highest BCUT2D eigenvalue weighted by atomic mass is 15.2. The summed E-state index contributed by atoms with van der Waals surface area (Å²) in [5, 5.41) is 0. The van der Waals surface area contributed by atoms with E-state index in [1.165, 1.54) is 31.2 Å². The molecule has 0 atom stereocenters. The quantitative estimate of drug-likeness (QED) is 0.561. The van der Waals surface area contributed by atoms with Crippen LogP contribution < -0.4 is 11.3 Å². The fourth-order valence-corrected chi connectivity index (χ4v) is 2.16. The minimum Gasteiger partial charge on any atom is -0.271 e. The molecule has 3 N–H and O–H groups in total. The van der Waals surface area contributed by atoms with Gasteiger partial charge in [-0.3, -0.25) is 11.3 Å². The molecule has 76 valence electrons. The number of aryl methyl sites for hydroxylation is 2. The second-order valence-corrected chi connectivity index (χ2v) is 4.01. The first-order valence-corrected chi connectivity index (χ1v) is 5.44. The number of benzene rings is 1. The van der Waals surface area contributed by atoms with Crippen molar-refractivity contribution in [3.05, 3.63) is 34.9 Å². The predicted octanol–water partition coefficient (Wildman–Crippen LogP) is 1.57. The molecule has 0 radical (unpaired) electrons. The van der Waals surface area contributed by atoms with Crippen LogP contribution in [0.3, 0.4) is 0 Å². The molecule has 0 unspecified atom stereocenters. The van der Waals surface area contributed by atoms with Crippen LogP contribution in [0.2, 0.25) is 0 Å². The monoisotopic (exact) mass is 190 g/mol. The Bertz CT molecular complexity index is 307. The SMILES string of the molecule is NNCCc1ccc2c(c1)CCCC2. The lowest BCUT2D eigenvalue weighted by molar-refractivity contribution is 0.681. The van der Waals surface area contributed by atoms with Gasteiger partial charge >= 0.3 is 0 Å². The molecule has 0 aromatic heterocycles. The molecule has 0 spiro atoms. The van der Waals surface area contributed by atoms with E-state index in [-0.39, 0.29) is 0 Å². The number of hydrogen-bond donors (Lipinski definition) is 2. The average Bonchev–Trinajstić information content (AvgIpc) is 2.26. The Hall–Kier alpha value is -0.860. The zero-order valence-electron chi connectivity index (χ0n) is 8.55. The summed E-state index contributed by atoms with van der Waals surface area (Å²) in [7, 11) is 0. The van der Waals surface area contributed by atoms with Crippen LogP contribution in [-0.4, -0.2) is 6.54 Å². The average molecular weight is 190 g/mol. The van der Waals surface area contributed by atoms with Crippen molar-refractivity contribution in [2.45, 2.75) is 32.1 Å². The van der Waals surface area contributed by atoms with Gasteiger partial charge in [-0.1, -0.05) is 18.2 Å². The third-order valence-electron chi connectivity index (χ3n) is 2.97. The number of rotatable bonds is 3. The predicted molar refractivity (Wildman–Crippen MR) is 59.0 cm³/mol. The maximum Gasteiger partial charge on any atom is 0.0138 e. The normalized spacial score (nSPS) is 15.2. The highest BCUT2D eigenvalue weighted by Gasteiger charge is 2.08. The molecule has 1 aliphatic rings. The maximum absolute atomic E-state index is 5.26. The van der Waals surface area contributed by atoms with Gasteiger partial charge in [0.1, 0.15) is 0 Å². The van der Waals surface area contributed by atoms with E-state index in [2.05, 4.69) is 23.6 Å². The van der Waals surface area contributed by atoms with Gasteiger partial charge in [0.25, 0.3) is 0 Å². The summed E-state index contributed by atoms with van der Waals surface area (Å²) in [6, 6.07) is 6.88. The van der Waals surface area contributed by atoms with Gasteiger partial charge in [0.15, 0.2) is 0 Å². The number of fused-ring (bicyclic) bond motifs is 1. The Balaban J connectivity index is 2.12. The lowest BCUT2D eigenvalue weighted by Gasteiger charge is -2.16. The molecule has 0 bridgehead atoms. The number of nitrogens with one attached hydrogen (secondary N) is 1. The largest absolute Gasteiger partial charge is 0.271 e. The molecular weight excluding hydrogens is 172 g/mol. The van der Waals surface area contributed by atoms with Gasteiger partial charge < -0.3 is 0 Å². The summed E-state index contributed by atoms with van der Waals surface area (Å²) in [5.41, 5.74) is 7.22. The van der Waals surface area contributed by atoms with Crippen LogP contribution in [0.15, 0.2) is 18.2 Å². The molecule has 2 rings (SSSR count). The lowest BCUT2D eigenvalue weighted by atomic mass is 9.90. The van der Waals surface area contributed by atoms with Crippen LogP contribution in [0.4, 0.5) is 0 Å². The second-order valence-electron chi connectivity index (χ2n) is 4.01. The van der Waals surface area contributed by atoms with Crippen molar-refractivity contribution < 1.29 is 0 Å². The summed E-state index contributed by atoms with van der Waals surface area (Å²) in [5.74, 6) is 5.26. The van der Waals surface area contributed by atoms with Gasteiger partial charge in [0.2, 0.25) is 0 Å². The van der Waals surface area contributed by atoms with Crippen LogP contribution in [0.1, 0.15) is 29.5 Å². The first kappa shape index (κ1) is 9.69. The van der Waals surface area contributed by atoms with Crippen molar-refractivity contribution in [3.8, 4) is 0 Å². The van der Waals surface area contributed by atoms with E-state index in [0.717, 1.165) is 13.0 Å². The summed E-state index contributed by atoms with van der Waals surface area (Å²) in [6.45, 7) is 0.860. The van der Waals surface area contributed by atoms with Crippen molar-refractivity contribution >= 4 is 0 Å². The number of hydrazine groups is 1. The molecule has 0 fully saturated rings. The molecule has 14 heavy (non-hydrogen) atoms. The van der Waals surface area contributed by atoms with E-state index < -0.39 is 0 Å². The van der Waals surface area contributed by atoms with E-state index in [0.29, 0.717) is 0 Å². The van der Waals surface area contributed by atoms with Gasteiger partial charge in [-0.25, -0.2) is 0 Å². The zero-order valence-corrected chi connectivity index (χ0v) is 8.55. The smallest absolute Gasteiger partial charge is 0.0138 e. The van der Waals surface area contributed by atoms with Gasteiger partial charge in [0, 0.05) is 6.54 Å². The third-order valence-corrected chi connectivity index (χ3v) is 2.97. The Kier molecular flexibility index (Phi) is 3.17. The summed E-state index contributed by atoms with van der Waals surface area (Å²) in [4.78, 5) is 0. The fraction of sp³-hybridized carbons (Fsp3) is 0.500. The highest BCUT2D eigenvalue weighted by molar-refractivity contribution is 5.33. The Labute approximate surface area is 85.5 Å². The molecule has 0 saturated heterocycles. The van der Waals surface area contributed by atoms with Gasteiger partial charge in [-0.05, 0) is 48.8 Å². The van der Waals surface area contributed by atoms with Crippen LogP contribution in [0.5, 0.6) is 0 Å². The Morgan fingerprint density at radius 2 is 1.93 bits per heavy atom. The molecule has 0 amide bonds. The van der Waals surface area contributed by atoms with Crippen LogP contribution in [0.25, 0.3) is 0 Å². The van der Waals surface area contributed by atoms with Crippen molar-refractivity contribution in [1.82, 2.24) is 5.43 Å². The van der Waals surface area contributed by atoms with Crippen LogP contribution in [0, 0.1) is 0 Å². The standard InChI is InChI=1S/C12H18N2/c13-14-8-7-10-5-6-11-3-1-2-4-12(11)9-10/h5-6,9,14H,1-4,7-8,13H2. The highest BCUT2D eigenvalue weighted by Crippen LogP contribution is 2.22. The number of hydrogen-bond acceptors (Lipinski definition) is 2. The maximum atomic E-state index is 5.26. The van der Waals surface area contributed by atoms with Gasteiger partial charge in [0.05, 0.1) is 0 Å². The van der Waals surface area contributed by atoms with Crippen molar-refractivity contribution in [1.29, 1.82) is 0 Å². The molecule has 0 heterocycles. The Morgan fingerprint density at radius 3 is 2.71 bits per heavy atom. The molecule has 1 aromatic carbocycles. The van der Waals surface area contributed by atoms with Crippen molar-refractivity contribution in [2.24, 2.45) is 5.84 Å². The van der Waals surface area contributed by atoms with E-state index in [1.54, 1.807) is 11.1 Å². The summed E-state index contributed by atoms with van der Waals surface area (Å²) >= 11 is 0. The number of nitrogens with two attached hydrogens (primary N) is 1. The van der Waals surface area contributed by atoms with E-state index in [9.17, 15) is 0 Å². The van der Waals surface area contributed by atoms with Crippen molar-refractivity contribution in [3.63, 3.8) is 0 Å². The lowest BCUT2D eigenvalue weighted by Crippen LogP contribution is -2.24. The Morgan fingerprint density at radius 1 is 1.14 bits per heavy atom. The molecule has 0 aliphatic heterocycles. The minimum atomic E-state index is 0.860. The summed E-state index contributed by atoms with van der Waals surface area (Å²) in [6.07, 6.45) is 6.27. The van der Waals surface area contributed by atoms with Crippen LogP contribution >= 0.6 is 0 Å². The van der Waals surface area contributed by atoms with E-state index in [1.807, 2.05) is 0 Å². The van der Waals surface area contributed by atoms with E-state index in [4.69, 9.17) is 5.84 Å². The molecule has 2 heteroatoms. The zero-order chi connectivity index (χ0) is 9.80. The first-order valence-electron chi connectivity index (χ1n) is 5.44. The van der Waals surface area contributed by atoms with Crippen LogP contribution in [-0.2, 0) is 19.3 Å². The molecule has 2 nitrogen and oxygen atoms in total. The molecular formula is C12H18N2. The van der Waals surface area contributed by atoms with E-state index >= 15 is 0 Å². The molecule has 1 aromatic rings. The minimum absolute atomic E-state index is 0.860. The van der Waals surface area contributed by atoms with Gasteiger partial charge in [-0.2, -0.15) is 0 Å². The molecule has 1 aliphatic carbocycles. The third kappa shape index (κ3) is 2.14. The topological polar surface area (TPSA) is 38.0 Å². The fourth-order valence-electron chi connectivity index (χ4n) is 2.16. The first-order chi connectivity index (χ1) is 6.90.